The van der Waals surface area contributed by atoms with Crippen molar-refractivity contribution in [2.75, 3.05) is 0 Å². The summed E-state index contributed by atoms with van der Waals surface area (Å²) in [6, 6.07) is 8.91. The Kier molecular flexibility index (Phi) is 4.08. The van der Waals surface area contributed by atoms with Crippen LogP contribution in [0, 0.1) is 6.92 Å². The largest absolute Gasteiger partial charge is 0.300 e. The standard InChI is InChI=1S/C14H14N2S3/c1-10-13(19-9-16-10)8-15-14(11-4-2-6-17-11)12-5-3-7-18-12/h2-7,9,14-15H,8H2,1H3. The molecule has 0 aliphatic rings. The molecule has 0 radical (unpaired) electrons. The second-order valence-electron chi connectivity index (χ2n) is 4.21. The Labute approximate surface area is 124 Å². The van der Waals surface area contributed by atoms with Gasteiger partial charge in [0.15, 0.2) is 0 Å². The Hall–Kier alpha value is -1.01. The van der Waals surface area contributed by atoms with Gasteiger partial charge >= 0.3 is 0 Å². The van der Waals surface area contributed by atoms with E-state index in [9.17, 15) is 0 Å². The van der Waals surface area contributed by atoms with Gasteiger partial charge in [0.1, 0.15) is 0 Å². The van der Waals surface area contributed by atoms with Gasteiger partial charge in [-0.25, -0.2) is 4.98 Å². The van der Waals surface area contributed by atoms with Crippen LogP contribution in [0.5, 0.6) is 0 Å². The van der Waals surface area contributed by atoms with Crippen LogP contribution in [0.4, 0.5) is 0 Å². The van der Waals surface area contributed by atoms with Crippen molar-refractivity contribution in [1.29, 1.82) is 0 Å². The van der Waals surface area contributed by atoms with Gasteiger partial charge in [-0.2, -0.15) is 0 Å². The normalized spacial score (nSPS) is 11.3. The number of aromatic nitrogens is 1. The van der Waals surface area contributed by atoms with Crippen LogP contribution in [-0.4, -0.2) is 4.98 Å². The SMILES string of the molecule is Cc1ncsc1CNC(c1cccs1)c1cccs1. The monoisotopic (exact) mass is 306 g/mol. The molecule has 0 aliphatic heterocycles. The molecule has 0 aromatic carbocycles. The summed E-state index contributed by atoms with van der Waals surface area (Å²) >= 11 is 5.32. The average molecular weight is 306 g/mol. The first-order valence-electron chi connectivity index (χ1n) is 6.04. The van der Waals surface area contributed by atoms with Crippen LogP contribution in [0.25, 0.3) is 0 Å². The van der Waals surface area contributed by atoms with Crippen molar-refractivity contribution in [1.82, 2.24) is 10.3 Å². The lowest BCUT2D eigenvalue weighted by molar-refractivity contribution is 0.624. The number of nitrogens with one attached hydrogen (secondary N) is 1. The van der Waals surface area contributed by atoms with E-state index in [-0.39, 0.29) is 0 Å². The molecule has 0 fully saturated rings. The van der Waals surface area contributed by atoms with Crippen LogP contribution in [0.3, 0.4) is 0 Å². The third kappa shape index (κ3) is 2.95. The minimum atomic E-state index is 0.293. The smallest absolute Gasteiger partial charge is 0.0798 e. The summed E-state index contributed by atoms with van der Waals surface area (Å²) in [5, 5.41) is 7.93. The third-order valence-electron chi connectivity index (χ3n) is 2.97. The highest BCUT2D eigenvalue weighted by atomic mass is 32.1. The van der Waals surface area contributed by atoms with E-state index in [4.69, 9.17) is 0 Å². The zero-order valence-corrected chi connectivity index (χ0v) is 12.9. The molecular weight excluding hydrogens is 292 g/mol. The fraction of sp³-hybridized carbons (Fsp3) is 0.214. The first-order valence-corrected chi connectivity index (χ1v) is 8.67. The van der Waals surface area contributed by atoms with Crippen LogP contribution in [-0.2, 0) is 6.54 Å². The molecule has 0 atom stereocenters. The molecule has 3 heterocycles. The Bertz CT molecular complexity index is 577. The van der Waals surface area contributed by atoms with E-state index in [1.54, 1.807) is 34.0 Å². The van der Waals surface area contributed by atoms with Gasteiger partial charge in [-0.05, 0) is 29.8 Å². The predicted octanol–water partition coefficient (Wildman–Crippen LogP) is 4.45. The quantitative estimate of drug-likeness (QED) is 0.753. The maximum absolute atomic E-state index is 4.30. The average Bonchev–Trinajstić information content (AvgIpc) is 3.13. The second kappa shape index (κ2) is 5.96. The van der Waals surface area contributed by atoms with Gasteiger partial charge in [0.05, 0.1) is 17.2 Å². The number of hydrogen-bond donors (Lipinski definition) is 1. The molecule has 3 rings (SSSR count). The van der Waals surface area contributed by atoms with Crippen molar-refractivity contribution in [3.05, 3.63) is 60.9 Å². The summed E-state index contributed by atoms with van der Waals surface area (Å²) < 4.78 is 0. The summed E-state index contributed by atoms with van der Waals surface area (Å²) in [6.07, 6.45) is 0. The molecule has 0 aliphatic carbocycles. The van der Waals surface area contributed by atoms with Crippen molar-refractivity contribution in [2.24, 2.45) is 0 Å². The summed E-state index contributed by atoms with van der Waals surface area (Å²) in [6.45, 7) is 2.94. The zero-order valence-electron chi connectivity index (χ0n) is 10.5. The lowest BCUT2D eigenvalue weighted by Gasteiger charge is -2.15. The fourth-order valence-electron chi connectivity index (χ4n) is 1.94. The second-order valence-corrected chi connectivity index (χ2v) is 7.10. The Morgan fingerprint density at radius 1 is 1.11 bits per heavy atom. The van der Waals surface area contributed by atoms with E-state index in [2.05, 4.69) is 52.3 Å². The number of aryl methyl sites for hydroxylation is 1. The van der Waals surface area contributed by atoms with E-state index in [0.717, 1.165) is 12.2 Å². The molecule has 0 saturated heterocycles. The van der Waals surface area contributed by atoms with Crippen molar-refractivity contribution < 1.29 is 0 Å². The molecule has 0 bridgehead atoms. The van der Waals surface area contributed by atoms with Gasteiger partial charge < -0.3 is 0 Å². The number of thiazole rings is 1. The van der Waals surface area contributed by atoms with E-state index < -0.39 is 0 Å². The number of thiophene rings is 2. The molecule has 98 valence electrons. The molecule has 0 saturated carbocycles. The molecule has 3 aromatic rings. The number of hydrogen-bond acceptors (Lipinski definition) is 5. The van der Waals surface area contributed by atoms with E-state index >= 15 is 0 Å². The van der Waals surface area contributed by atoms with Crippen molar-refractivity contribution in [2.45, 2.75) is 19.5 Å². The van der Waals surface area contributed by atoms with Crippen LogP contribution in [0.15, 0.2) is 40.5 Å². The number of rotatable bonds is 5. The van der Waals surface area contributed by atoms with Gasteiger partial charge in [0, 0.05) is 21.2 Å². The summed E-state index contributed by atoms with van der Waals surface area (Å²) in [5.41, 5.74) is 3.05. The van der Waals surface area contributed by atoms with Gasteiger partial charge in [0.2, 0.25) is 0 Å². The first kappa shape index (κ1) is 13.0. The van der Waals surface area contributed by atoms with Crippen molar-refractivity contribution in [3.63, 3.8) is 0 Å². The lowest BCUT2D eigenvalue weighted by atomic mass is 10.2. The highest BCUT2D eigenvalue weighted by Crippen LogP contribution is 2.29. The summed E-state index contributed by atoms with van der Waals surface area (Å²) in [7, 11) is 0. The van der Waals surface area contributed by atoms with Crippen molar-refractivity contribution >= 4 is 34.0 Å². The van der Waals surface area contributed by atoms with Crippen LogP contribution in [0.2, 0.25) is 0 Å². The first-order chi connectivity index (χ1) is 9.34. The van der Waals surface area contributed by atoms with Crippen LogP contribution in [0.1, 0.15) is 26.4 Å². The van der Waals surface area contributed by atoms with Crippen molar-refractivity contribution in [3.8, 4) is 0 Å². The lowest BCUT2D eigenvalue weighted by Crippen LogP contribution is -2.20. The topological polar surface area (TPSA) is 24.9 Å². The van der Waals surface area contributed by atoms with E-state index in [0.29, 0.717) is 6.04 Å². The summed E-state index contributed by atoms with van der Waals surface area (Å²) in [5.74, 6) is 0. The fourth-order valence-corrected chi connectivity index (χ4v) is 4.38. The van der Waals surface area contributed by atoms with Gasteiger partial charge in [-0.15, -0.1) is 34.0 Å². The minimum absolute atomic E-state index is 0.293. The van der Waals surface area contributed by atoms with E-state index in [1.165, 1.54) is 14.6 Å². The molecular formula is C14H14N2S3. The molecule has 0 unspecified atom stereocenters. The zero-order chi connectivity index (χ0) is 13.1. The minimum Gasteiger partial charge on any atom is -0.300 e. The highest BCUT2D eigenvalue weighted by molar-refractivity contribution is 7.11. The summed E-state index contributed by atoms with van der Waals surface area (Å²) in [4.78, 5) is 8.35. The molecule has 0 spiro atoms. The molecule has 3 aromatic heterocycles. The predicted molar refractivity (Wildman–Crippen MR) is 84.2 cm³/mol. The third-order valence-corrected chi connectivity index (χ3v) is 5.78. The molecule has 5 heteroatoms. The Balaban J connectivity index is 1.79. The maximum Gasteiger partial charge on any atom is 0.0798 e. The molecule has 2 nitrogen and oxygen atoms in total. The Morgan fingerprint density at radius 2 is 1.79 bits per heavy atom. The van der Waals surface area contributed by atoms with Crippen LogP contribution >= 0.6 is 34.0 Å². The molecule has 19 heavy (non-hydrogen) atoms. The van der Waals surface area contributed by atoms with E-state index in [1.807, 2.05) is 5.51 Å². The van der Waals surface area contributed by atoms with Gasteiger partial charge in [-0.3, -0.25) is 5.32 Å². The Morgan fingerprint density at radius 3 is 2.26 bits per heavy atom. The van der Waals surface area contributed by atoms with Crippen LogP contribution < -0.4 is 5.32 Å². The number of nitrogens with zero attached hydrogens (tertiary/aromatic N) is 1. The highest BCUT2D eigenvalue weighted by Gasteiger charge is 2.16. The van der Waals surface area contributed by atoms with Gasteiger partial charge in [-0.1, -0.05) is 12.1 Å². The van der Waals surface area contributed by atoms with Gasteiger partial charge in [0.25, 0.3) is 0 Å². The molecule has 0 amide bonds. The maximum atomic E-state index is 4.30. The molecule has 1 N–H and O–H groups in total.